The van der Waals surface area contributed by atoms with E-state index in [1.807, 2.05) is 54.6 Å². The monoisotopic (exact) mass is 390 g/mol. The molecule has 1 amide bonds. The van der Waals surface area contributed by atoms with Gasteiger partial charge in [-0.3, -0.25) is 4.79 Å². The first-order valence-electron chi connectivity index (χ1n) is 9.74. The second kappa shape index (κ2) is 10.2. The van der Waals surface area contributed by atoms with Crippen LogP contribution in [-0.2, 0) is 6.61 Å². The van der Waals surface area contributed by atoms with Crippen LogP contribution in [0.25, 0.3) is 0 Å². The lowest BCUT2D eigenvalue weighted by molar-refractivity contribution is 0.0946. The molecule has 6 heteroatoms. The molecule has 0 radical (unpaired) electrons. The maximum absolute atomic E-state index is 12.0. The third-order valence-corrected chi connectivity index (χ3v) is 4.27. The van der Waals surface area contributed by atoms with Crippen molar-refractivity contribution < 1.29 is 9.53 Å². The number of ether oxygens (including phenoxy) is 1. The van der Waals surface area contributed by atoms with Crippen molar-refractivity contribution in [1.29, 1.82) is 0 Å². The molecule has 0 atom stereocenters. The molecular formula is C23H26N4O2. The van der Waals surface area contributed by atoms with Crippen LogP contribution in [0.5, 0.6) is 5.75 Å². The number of amides is 1. The molecule has 0 aliphatic carbocycles. The number of aromatic nitrogens is 2. The summed E-state index contributed by atoms with van der Waals surface area (Å²) >= 11 is 0. The summed E-state index contributed by atoms with van der Waals surface area (Å²) in [5.74, 6) is 1.70. The summed E-state index contributed by atoms with van der Waals surface area (Å²) in [6.07, 6.45) is 3.96. The summed E-state index contributed by atoms with van der Waals surface area (Å²) in [6.45, 7) is 5.40. The first kappa shape index (κ1) is 20.3. The van der Waals surface area contributed by atoms with E-state index in [2.05, 4.69) is 34.4 Å². The van der Waals surface area contributed by atoms with Gasteiger partial charge in [-0.15, -0.1) is 0 Å². The van der Waals surface area contributed by atoms with Crippen LogP contribution in [-0.4, -0.2) is 22.4 Å². The summed E-state index contributed by atoms with van der Waals surface area (Å²) < 4.78 is 5.79. The van der Waals surface area contributed by atoms with Crippen molar-refractivity contribution in [1.82, 2.24) is 15.3 Å². The zero-order valence-electron chi connectivity index (χ0n) is 16.8. The Bertz CT molecular complexity index is 894. The summed E-state index contributed by atoms with van der Waals surface area (Å²) in [6, 6.07) is 17.7. The Balaban J connectivity index is 1.50. The minimum Gasteiger partial charge on any atom is -0.489 e. The van der Waals surface area contributed by atoms with Gasteiger partial charge in [0, 0.05) is 12.2 Å². The minimum absolute atomic E-state index is 0.204. The zero-order valence-corrected chi connectivity index (χ0v) is 16.8. The number of rotatable bonds is 9. The second-order valence-electron chi connectivity index (χ2n) is 7.15. The van der Waals surface area contributed by atoms with E-state index in [0.29, 0.717) is 30.6 Å². The Hall–Kier alpha value is -3.41. The molecule has 0 unspecified atom stereocenters. The summed E-state index contributed by atoms with van der Waals surface area (Å²) in [7, 11) is 0. The Morgan fingerprint density at radius 1 is 1.00 bits per heavy atom. The van der Waals surface area contributed by atoms with Crippen molar-refractivity contribution in [3.05, 3.63) is 78.2 Å². The van der Waals surface area contributed by atoms with E-state index < -0.39 is 0 Å². The highest BCUT2D eigenvalue weighted by atomic mass is 16.5. The second-order valence-corrected chi connectivity index (χ2v) is 7.15. The van der Waals surface area contributed by atoms with E-state index >= 15 is 0 Å². The van der Waals surface area contributed by atoms with Gasteiger partial charge in [0.2, 0.25) is 0 Å². The number of carbonyl (C=O) groups is 1. The lowest BCUT2D eigenvalue weighted by atomic mass is 10.1. The molecule has 1 aromatic heterocycles. The van der Waals surface area contributed by atoms with Crippen LogP contribution >= 0.6 is 0 Å². The summed E-state index contributed by atoms with van der Waals surface area (Å²) in [5.41, 5.74) is 2.29. The number of nitrogens with one attached hydrogen (secondary N) is 2. The SMILES string of the molecule is CC(C)CCNC(=O)c1cnc(Nc2ccc(OCc3ccccc3)cc2)cn1. The van der Waals surface area contributed by atoms with E-state index in [0.717, 1.165) is 23.4 Å². The molecule has 150 valence electrons. The molecule has 1 heterocycles. The average Bonchev–Trinajstić information content (AvgIpc) is 2.74. The molecule has 0 saturated heterocycles. The van der Waals surface area contributed by atoms with Crippen molar-refractivity contribution in [2.24, 2.45) is 5.92 Å². The lowest BCUT2D eigenvalue weighted by Gasteiger charge is -2.09. The van der Waals surface area contributed by atoms with Gasteiger partial charge in [0.05, 0.1) is 12.4 Å². The highest BCUT2D eigenvalue weighted by molar-refractivity contribution is 5.92. The summed E-state index contributed by atoms with van der Waals surface area (Å²) in [5, 5.41) is 6.02. The highest BCUT2D eigenvalue weighted by Crippen LogP contribution is 2.19. The zero-order chi connectivity index (χ0) is 20.5. The lowest BCUT2D eigenvalue weighted by Crippen LogP contribution is -2.26. The normalized spacial score (nSPS) is 10.6. The first-order valence-corrected chi connectivity index (χ1v) is 9.74. The van der Waals surface area contributed by atoms with Crippen LogP contribution in [0.4, 0.5) is 11.5 Å². The highest BCUT2D eigenvalue weighted by Gasteiger charge is 2.08. The van der Waals surface area contributed by atoms with Crippen LogP contribution in [0.1, 0.15) is 36.3 Å². The van der Waals surface area contributed by atoms with Crippen LogP contribution < -0.4 is 15.4 Å². The number of carbonyl (C=O) groups excluding carboxylic acids is 1. The van der Waals surface area contributed by atoms with Gasteiger partial charge in [0.1, 0.15) is 23.9 Å². The van der Waals surface area contributed by atoms with Gasteiger partial charge in [-0.25, -0.2) is 9.97 Å². The van der Waals surface area contributed by atoms with E-state index in [4.69, 9.17) is 4.74 Å². The van der Waals surface area contributed by atoms with Crippen molar-refractivity contribution in [3.8, 4) is 5.75 Å². The van der Waals surface area contributed by atoms with Crippen molar-refractivity contribution in [2.45, 2.75) is 26.9 Å². The van der Waals surface area contributed by atoms with Gasteiger partial charge >= 0.3 is 0 Å². The number of benzene rings is 2. The molecule has 2 aromatic carbocycles. The summed E-state index contributed by atoms with van der Waals surface area (Å²) in [4.78, 5) is 20.5. The number of nitrogens with zero attached hydrogens (tertiary/aromatic N) is 2. The number of hydrogen-bond donors (Lipinski definition) is 2. The van der Waals surface area contributed by atoms with Gasteiger partial charge < -0.3 is 15.4 Å². The Morgan fingerprint density at radius 2 is 1.76 bits per heavy atom. The van der Waals surface area contributed by atoms with Crippen LogP contribution in [0.2, 0.25) is 0 Å². The van der Waals surface area contributed by atoms with Gasteiger partial charge in [-0.2, -0.15) is 0 Å². The Morgan fingerprint density at radius 3 is 2.41 bits per heavy atom. The van der Waals surface area contributed by atoms with Crippen LogP contribution in [0.3, 0.4) is 0 Å². The standard InChI is InChI=1S/C23H26N4O2/c1-17(2)12-13-24-23(28)21-14-26-22(15-25-21)27-19-8-10-20(11-9-19)29-16-18-6-4-3-5-7-18/h3-11,14-15,17H,12-13,16H2,1-2H3,(H,24,28)(H,26,27). The van der Waals surface area contributed by atoms with Crippen molar-refractivity contribution in [2.75, 3.05) is 11.9 Å². The Labute approximate surface area is 171 Å². The predicted octanol–water partition coefficient (Wildman–Crippen LogP) is 4.58. The van der Waals surface area contributed by atoms with Crippen LogP contribution in [0, 0.1) is 5.92 Å². The molecular weight excluding hydrogens is 364 g/mol. The fourth-order valence-corrected chi connectivity index (χ4v) is 2.60. The quantitative estimate of drug-likeness (QED) is 0.559. The fourth-order valence-electron chi connectivity index (χ4n) is 2.60. The molecule has 0 fully saturated rings. The largest absolute Gasteiger partial charge is 0.489 e. The molecule has 29 heavy (non-hydrogen) atoms. The topological polar surface area (TPSA) is 76.1 Å². The van der Waals surface area contributed by atoms with E-state index in [-0.39, 0.29) is 5.91 Å². The maximum Gasteiger partial charge on any atom is 0.271 e. The molecule has 2 N–H and O–H groups in total. The van der Waals surface area contributed by atoms with Crippen molar-refractivity contribution >= 4 is 17.4 Å². The van der Waals surface area contributed by atoms with Gasteiger partial charge in [0.25, 0.3) is 5.91 Å². The smallest absolute Gasteiger partial charge is 0.271 e. The van der Waals surface area contributed by atoms with Gasteiger partial charge in [0.15, 0.2) is 0 Å². The van der Waals surface area contributed by atoms with E-state index in [1.54, 1.807) is 6.20 Å². The third kappa shape index (κ3) is 6.60. The Kier molecular flexibility index (Phi) is 7.16. The van der Waals surface area contributed by atoms with E-state index in [1.165, 1.54) is 6.20 Å². The minimum atomic E-state index is -0.204. The fraction of sp³-hybridized carbons (Fsp3) is 0.261. The van der Waals surface area contributed by atoms with Gasteiger partial charge in [-0.05, 0) is 42.2 Å². The molecule has 0 spiro atoms. The molecule has 0 saturated carbocycles. The van der Waals surface area contributed by atoms with Crippen molar-refractivity contribution in [3.63, 3.8) is 0 Å². The number of hydrogen-bond acceptors (Lipinski definition) is 5. The predicted molar refractivity (Wildman–Crippen MR) is 114 cm³/mol. The molecule has 0 aliphatic rings. The maximum atomic E-state index is 12.0. The molecule has 6 nitrogen and oxygen atoms in total. The first-order chi connectivity index (χ1) is 14.1. The van der Waals surface area contributed by atoms with Crippen LogP contribution in [0.15, 0.2) is 67.0 Å². The average molecular weight is 390 g/mol. The molecule has 0 bridgehead atoms. The molecule has 0 aliphatic heterocycles. The van der Waals surface area contributed by atoms with E-state index in [9.17, 15) is 4.79 Å². The third-order valence-electron chi connectivity index (χ3n) is 4.27. The molecule has 3 aromatic rings. The number of anilines is 2. The molecule has 3 rings (SSSR count). The van der Waals surface area contributed by atoms with Gasteiger partial charge in [-0.1, -0.05) is 44.2 Å².